The van der Waals surface area contributed by atoms with E-state index in [1.807, 2.05) is 0 Å². The number of nitrogens with one attached hydrogen (secondary N) is 1. The maximum Gasteiger partial charge on any atom is 0.153 e. The Labute approximate surface area is 118 Å². The summed E-state index contributed by atoms with van der Waals surface area (Å²) in [7, 11) is -2.92. The molecule has 1 rings (SSSR count). The van der Waals surface area contributed by atoms with E-state index >= 15 is 0 Å². The fraction of sp³-hybridized carbons (Fsp3) is 1.00. The van der Waals surface area contributed by atoms with Crippen LogP contribution < -0.4 is 5.32 Å². The van der Waals surface area contributed by atoms with Gasteiger partial charge >= 0.3 is 0 Å². The van der Waals surface area contributed by atoms with Gasteiger partial charge in [0.2, 0.25) is 0 Å². The van der Waals surface area contributed by atoms with Crippen LogP contribution in [-0.4, -0.2) is 56.0 Å². The molecule has 1 aliphatic heterocycles. The van der Waals surface area contributed by atoms with Crippen LogP contribution in [0.5, 0.6) is 0 Å². The zero-order valence-corrected chi connectivity index (χ0v) is 13.8. The monoisotopic (exact) mass is 290 g/mol. The van der Waals surface area contributed by atoms with E-state index in [2.05, 4.69) is 31.0 Å². The standard InChI is InChI=1S/C14H30N2O2S/c1-11(2)8-14-10-16(13(5)9-15-14)6-7-19(17,18)12(3)4/h11-15H,6-10H2,1-5H3. The Bertz CT molecular complexity index is 366. The first kappa shape index (κ1) is 16.9. The molecule has 1 saturated heterocycles. The predicted molar refractivity (Wildman–Crippen MR) is 81.2 cm³/mol. The smallest absolute Gasteiger partial charge is 0.153 e. The molecule has 0 amide bonds. The summed E-state index contributed by atoms with van der Waals surface area (Å²) in [5.74, 6) is 0.954. The van der Waals surface area contributed by atoms with Gasteiger partial charge in [-0.25, -0.2) is 8.42 Å². The van der Waals surface area contributed by atoms with Gasteiger partial charge in [0.15, 0.2) is 9.84 Å². The van der Waals surface area contributed by atoms with Crippen molar-refractivity contribution in [2.24, 2.45) is 5.92 Å². The van der Waals surface area contributed by atoms with Gasteiger partial charge in [-0.05, 0) is 33.1 Å². The van der Waals surface area contributed by atoms with Gasteiger partial charge in [0, 0.05) is 31.7 Å². The van der Waals surface area contributed by atoms with Gasteiger partial charge in [-0.1, -0.05) is 13.8 Å². The third-order valence-electron chi connectivity index (χ3n) is 3.92. The van der Waals surface area contributed by atoms with Crippen molar-refractivity contribution in [3.63, 3.8) is 0 Å². The summed E-state index contributed by atoms with van der Waals surface area (Å²) in [5, 5.41) is 3.29. The van der Waals surface area contributed by atoms with Crippen LogP contribution in [0.15, 0.2) is 0 Å². The maximum atomic E-state index is 11.9. The number of hydrogen-bond acceptors (Lipinski definition) is 4. The molecule has 0 aromatic heterocycles. The van der Waals surface area contributed by atoms with Crippen molar-refractivity contribution < 1.29 is 8.42 Å². The lowest BCUT2D eigenvalue weighted by molar-refractivity contribution is 0.139. The zero-order chi connectivity index (χ0) is 14.6. The van der Waals surface area contributed by atoms with E-state index in [4.69, 9.17) is 0 Å². The van der Waals surface area contributed by atoms with Crippen molar-refractivity contribution in [3.05, 3.63) is 0 Å². The zero-order valence-electron chi connectivity index (χ0n) is 13.0. The first-order valence-electron chi connectivity index (χ1n) is 7.41. The summed E-state index contributed by atoms with van der Waals surface area (Å²) in [6.45, 7) is 12.7. The minimum absolute atomic E-state index is 0.266. The summed E-state index contributed by atoms with van der Waals surface area (Å²) in [4.78, 5) is 2.32. The van der Waals surface area contributed by atoms with Gasteiger partial charge in [0.05, 0.1) is 11.0 Å². The van der Waals surface area contributed by atoms with Crippen LogP contribution in [-0.2, 0) is 9.84 Å². The van der Waals surface area contributed by atoms with E-state index < -0.39 is 9.84 Å². The summed E-state index contributed by atoms with van der Waals surface area (Å²) in [6.07, 6.45) is 1.15. The molecule has 2 unspecified atom stereocenters. The fourth-order valence-electron chi connectivity index (χ4n) is 2.51. The molecule has 0 radical (unpaired) electrons. The van der Waals surface area contributed by atoms with E-state index in [0.717, 1.165) is 19.5 Å². The number of rotatable bonds is 6. The molecule has 1 N–H and O–H groups in total. The molecule has 1 heterocycles. The lowest BCUT2D eigenvalue weighted by Gasteiger charge is -2.39. The van der Waals surface area contributed by atoms with Crippen LogP contribution >= 0.6 is 0 Å². The van der Waals surface area contributed by atoms with E-state index in [1.165, 1.54) is 0 Å². The summed E-state index contributed by atoms with van der Waals surface area (Å²) in [5.41, 5.74) is 0. The van der Waals surface area contributed by atoms with Crippen molar-refractivity contribution in [2.45, 2.75) is 58.4 Å². The minimum atomic E-state index is -2.92. The maximum absolute atomic E-state index is 11.9. The Morgan fingerprint density at radius 1 is 1.26 bits per heavy atom. The summed E-state index contributed by atoms with van der Waals surface area (Å²) >= 11 is 0. The lowest BCUT2D eigenvalue weighted by atomic mass is 10.0. The second-order valence-electron chi connectivity index (χ2n) is 6.49. The predicted octanol–water partition coefficient (Wildman–Crippen LogP) is 1.52. The molecule has 19 heavy (non-hydrogen) atoms. The molecule has 114 valence electrons. The van der Waals surface area contributed by atoms with Gasteiger partial charge in [-0.3, -0.25) is 4.90 Å². The molecule has 1 aliphatic rings. The van der Waals surface area contributed by atoms with Crippen LogP contribution in [0.1, 0.15) is 41.0 Å². The van der Waals surface area contributed by atoms with Gasteiger partial charge in [-0.2, -0.15) is 0 Å². The molecule has 1 fully saturated rings. The normalized spacial score (nSPS) is 26.3. The van der Waals surface area contributed by atoms with Crippen molar-refractivity contribution in [3.8, 4) is 0 Å². The quantitative estimate of drug-likeness (QED) is 0.806. The molecule has 0 aromatic rings. The van der Waals surface area contributed by atoms with Gasteiger partial charge in [0.25, 0.3) is 0 Å². The second kappa shape index (κ2) is 7.04. The third kappa shape index (κ3) is 5.40. The van der Waals surface area contributed by atoms with Crippen molar-refractivity contribution in [1.29, 1.82) is 0 Å². The Balaban J connectivity index is 2.51. The molecule has 0 aliphatic carbocycles. The third-order valence-corrected chi connectivity index (χ3v) is 6.11. The topological polar surface area (TPSA) is 49.4 Å². The second-order valence-corrected chi connectivity index (χ2v) is 9.17. The lowest BCUT2D eigenvalue weighted by Crippen LogP contribution is -2.56. The Hall–Kier alpha value is -0.130. The highest BCUT2D eigenvalue weighted by atomic mass is 32.2. The number of hydrogen-bond donors (Lipinski definition) is 1. The van der Waals surface area contributed by atoms with Gasteiger partial charge < -0.3 is 5.32 Å². The molecular formula is C14H30N2O2S. The van der Waals surface area contributed by atoms with Gasteiger partial charge in [0.1, 0.15) is 0 Å². The average Bonchev–Trinajstić information content (AvgIpc) is 2.29. The molecule has 0 saturated carbocycles. The molecule has 2 atom stereocenters. The van der Waals surface area contributed by atoms with Crippen molar-refractivity contribution in [2.75, 3.05) is 25.4 Å². The number of sulfone groups is 1. The summed E-state index contributed by atoms with van der Waals surface area (Å²) in [6, 6.07) is 0.920. The molecule has 0 spiro atoms. The van der Waals surface area contributed by atoms with Crippen LogP contribution in [0, 0.1) is 5.92 Å². The fourth-order valence-corrected chi connectivity index (χ4v) is 3.47. The van der Waals surface area contributed by atoms with E-state index in [0.29, 0.717) is 24.5 Å². The molecule has 5 heteroatoms. The highest BCUT2D eigenvalue weighted by molar-refractivity contribution is 7.92. The SMILES string of the molecule is CC(C)CC1CN(CCS(=O)(=O)C(C)C)C(C)CN1. The highest BCUT2D eigenvalue weighted by Gasteiger charge is 2.27. The minimum Gasteiger partial charge on any atom is -0.311 e. The largest absolute Gasteiger partial charge is 0.311 e. The Morgan fingerprint density at radius 2 is 1.89 bits per heavy atom. The van der Waals surface area contributed by atoms with Crippen LogP contribution in [0.25, 0.3) is 0 Å². The Kier molecular flexibility index (Phi) is 6.27. The van der Waals surface area contributed by atoms with E-state index in [9.17, 15) is 8.42 Å². The van der Waals surface area contributed by atoms with Gasteiger partial charge in [-0.15, -0.1) is 0 Å². The summed E-state index contributed by atoms with van der Waals surface area (Å²) < 4.78 is 23.8. The van der Waals surface area contributed by atoms with Crippen molar-refractivity contribution >= 4 is 9.84 Å². The Morgan fingerprint density at radius 3 is 2.42 bits per heavy atom. The van der Waals surface area contributed by atoms with E-state index in [1.54, 1.807) is 13.8 Å². The van der Waals surface area contributed by atoms with Crippen molar-refractivity contribution in [1.82, 2.24) is 10.2 Å². The molecule has 4 nitrogen and oxygen atoms in total. The van der Waals surface area contributed by atoms with E-state index in [-0.39, 0.29) is 11.0 Å². The number of piperazine rings is 1. The number of nitrogens with zero attached hydrogens (tertiary/aromatic N) is 1. The van der Waals surface area contributed by atoms with Crippen LogP contribution in [0.4, 0.5) is 0 Å². The average molecular weight is 290 g/mol. The highest BCUT2D eigenvalue weighted by Crippen LogP contribution is 2.13. The molecular weight excluding hydrogens is 260 g/mol. The van der Waals surface area contributed by atoms with Crippen LogP contribution in [0.3, 0.4) is 0 Å². The van der Waals surface area contributed by atoms with Crippen LogP contribution in [0.2, 0.25) is 0 Å². The first-order chi connectivity index (χ1) is 8.72. The molecule has 0 bridgehead atoms. The molecule has 0 aromatic carbocycles. The first-order valence-corrected chi connectivity index (χ1v) is 9.13.